The summed E-state index contributed by atoms with van der Waals surface area (Å²) in [6.45, 7) is 0. The topological polar surface area (TPSA) is 3.01 Å². The maximum atomic E-state index is 5.36. The van der Waals surface area contributed by atoms with Crippen LogP contribution in [0, 0.1) is 0 Å². The summed E-state index contributed by atoms with van der Waals surface area (Å²) in [5, 5.41) is 0. The van der Waals surface area contributed by atoms with Gasteiger partial charge in [0.15, 0.2) is 6.21 Å². The van der Waals surface area contributed by atoms with Crippen molar-refractivity contribution < 1.29 is 4.58 Å². The van der Waals surface area contributed by atoms with Crippen LogP contribution < -0.4 is 0 Å². The third kappa shape index (κ3) is 5.70. The van der Waals surface area contributed by atoms with Gasteiger partial charge in [0.1, 0.15) is 14.1 Å². The van der Waals surface area contributed by atoms with Crippen molar-refractivity contribution >= 4 is 17.8 Å². The summed E-state index contributed by atoms with van der Waals surface area (Å²) < 4.78 is 1.96. The van der Waals surface area contributed by atoms with E-state index in [9.17, 15) is 0 Å². The summed E-state index contributed by atoms with van der Waals surface area (Å²) in [6.07, 6.45) is 5.76. The Kier molecular flexibility index (Phi) is 4.67. The Morgan fingerprint density at radius 3 is 2.50 bits per heavy atom. The second-order valence-corrected chi connectivity index (χ2v) is 2.00. The fourth-order valence-electron chi connectivity index (χ4n) is 0.284. The summed E-state index contributed by atoms with van der Waals surface area (Å²) in [7, 11) is 3.94. The van der Waals surface area contributed by atoms with Crippen molar-refractivity contribution in [2.75, 3.05) is 20.0 Å². The highest BCUT2D eigenvalue weighted by Crippen LogP contribution is 1.73. The molecule has 0 atom stereocenters. The number of rotatable bonds is 2. The molecular weight excluding hydrogens is 122 g/mol. The van der Waals surface area contributed by atoms with Gasteiger partial charge in [-0.2, -0.15) is 0 Å². The molecule has 0 saturated carbocycles. The second-order valence-electron chi connectivity index (χ2n) is 1.70. The van der Waals surface area contributed by atoms with Crippen LogP contribution in [0.4, 0.5) is 0 Å². The van der Waals surface area contributed by atoms with Gasteiger partial charge in [-0.05, 0) is 6.08 Å². The molecular formula is C6H11ClN+. The summed E-state index contributed by atoms with van der Waals surface area (Å²) in [6, 6.07) is 0. The van der Waals surface area contributed by atoms with E-state index in [0.29, 0.717) is 5.88 Å². The summed E-state index contributed by atoms with van der Waals surface area (Å²) in [5.74, 6) is 0.588. The quantitative estimate of drug-likeness (QED) is 0.301. The predicted molar refractivity (Wildman–Crippen MR) is 38.0 cm³/mol. The number of alkyl halides is 1. The number of allylic oxidation sites excluding steroid dienone is 2. The SMILES string of the molecule is C[N+](C)=CC=CCCl. The molecule has 0 N–H and O–H groups in total. The highest BCUT2D eigenvalue weighted by atomic mass is 35.5. The average molecular weight is 133 g/mol. The van der Waals surface area contributed by atoms with E-state index >= 15 is 0 Å². The van der Waals surface area contributed by atoms with Crippen LogP contribution >= 0.6 is 11.6 Å². The molecule has 8 heavy (non-hydrogen) atoms. The van der Waals surface area contributed by atoms with Crippen LogP contribution in [0.2, 0.25) is 0 Å². The maximum Gasteiger partial charge on any atom is 0.162 e. The lowest BCUT2D eigenvalue weighted by atomic mass is 10.5. The highest BCUT2D eigenvalue weighted by Gasteiger charge is 1.73. The zero-order valence-electron chi connectivity index (χ0n) is 5.26. The van der Waals surface area contributed by atoms with E-state index < -0.39 is 0 Å². The average Bonchev–Trinajstić information content (AvgIpc) is 1.66. The minimum absolute atomic E-state index is 0.588. The molecule has 1 nitrogen and oxygen atoms in total. The van der Waals surface area contributed by atoms with Crippen molar-refractivity contribution in [1.82, 2.24) is 0 Å². The lowest BCUT2D eigenvalue weighted by Gasteiger charge is -1.76. The Balaban J connectivity index is 3.42. The van der Waals surface area contributed by atoms with Crippen molar-refractivity contribution in [3.05, 3.63) is 12.2 Å². The zero-order chi connectivity index (χ0) is 6.41. The van der Waals surface area contributed by atoms with E-state index in [4.69, 9.17) is 11.6 Å². The van der Waals surface area contributed by atoms with Crippen molar-refractivity contribution in [3.63, 3.8) is 0 Å². The number of hydrogen-bond donors (Lipinski definition) is 0. The Hall–Kier alpha value is -0.300. The summed E-state index contributed by atoms with van der Waals surface area (Å²) in [4.78, 5) is 0. The van der Waals surface area contributed by atoms with Gasteiger partial charge < -0.3 is 0 Å². The maximum absolute atomic E-state index is 5.36. The Morgan fingerprint density at radius 2 is 2.12 bits per heavy atom. The highest BCUT2D eigenvalue weighted by molar-refractivity contribution is 6.19. The van der Waals surface area contributed by atoms with Crippen molar-refractivity contribution in [1.29, 1.82) is 0 Å². The molecule has 0 aromatic rings. The van der Waals surface area contributed by atoms with E-state index in [1.807, 2.05) is 37.0 Å². The number of hydrogen-bond acceptors (Lipinski definition) is 0. The third-order valence-corrected chi connectivity index (χ3v) is 0.788. The molecule has 2 heteroatoms. The van der Waals surface area contributed by atoms with Gasteiger partial charge in [-0.25, -0.2) is 4.58 Å². The van der Waals surface area contributed by atoms with Gasteiger partial charge in [-0.3, -0.25) is 0 Å². The van der Waals surface area contributed by atoms with Gasteiger partial charge in [0, 0.05) is 5.88 Å². The minimum atomic E-state index is 0.588. The summed E-state index contributed by atoms with van der Waals surface area (Å²) in [5.41, 5.74) is 0. The van der Waals surface area contributed by atoms with Crippen LogP contribution in [-0.4, -0.2) is 30.8 Å². The van der Waals surface area contributed by atoms with Gasteiger partial charge in [0.2, 0.25) is 0 Å². The lowest BCUT2D eigenvalue weighted by Crippen LogP contribution is -1.94. The van der Waals surface area contributed by atoms with Crippen molar-refractivity contribution in [2.45, 2.75) is 0 Å². The molecule has 46 valence electrons. The van der Waals surface area contributed by atoms with E-state index in [1.165, 1.54) is 0 Å². The van der Waals surface area contributed by atoms with E-state index in [2.05, 4.69) is 0 Å². The van der Waals surface area contributed by atoms with Crippen LogP contribution in [0.1, 0.15) is 0 Å². The molecule has 0 heterocycles. The molecule has 0 spiro atoms. The minimum Gasteiger partial charge on any atom is -0.241 e. The van der Waals surface area contributed by atoms with Crippen molar-refractivity contribution in [2.24, 2.45) is 0 Å². The van der Waals surface area contributed by atoms with E-state index in [1.54, 1.807) is 0 Å². The standard InChI is InChI=1S/C6H11ClN/c1-8(2)6-4-3-5-7/h3-4,6H,5H2,1-2H3/q+1. The van der Waals surface area contributed by atoms with E-state index in [-0.39, 0.29) is 0 Å². The monoisotopic (exact) mass is 132 g/mol. The van der Waals surface area contributed by atoms with Crippen LogP contribution in [0.15, 0.2) is 12.2 Å². The summed E-state index contributed by atoms with van der Waals surface area (Å²) >= 11 is 5.36. The molecule has 0 unspecified atom stereocenters. The van der Waals surface area contributed by atoms with Gasteiger partial charge in [-0.1, -0.05) is 6.08 Å². The molecule has 0 aromatic heterocycles. The Bertz CT molecular complexity index is 101. The normalized spacial score (nSPS) is 9.88. The van der Waals surface area contributed by atoms with Gasteiger partial charge >= 0.3 is 0 Å². The molecule has 0 aromatic carbocycles. The number of nitrogens with zero attached hydrogens (tertiary/aromatic N) is 1. The zero-order valence-corrected chi connectivity index (χ0v) is 6.02. The van der Waals surface area contributed by atoms with Crippen LogP contribution in [-0.2, 0) is 0 Å². The Morgan fingerprint density at radius 1 is 1.50 bits per heavy atom. The molecule has 0 fully saturated rings. The first kappa shape index (κ1) is 7.70. The van der Waals surface area contributed by atoms with Crippen LogP contribution in [0.25, 0.3) is 0 Å². The van der Waals surface area contributed by atoms with Crippen molar-refractivity contribution in [3.8, 4) is 0 Å². The molecule has 0 bridgehead atoms. The second kappa shape index (κ2) is 4.85. The Labute approximate surface area is 55.3 Å². The molecule has 0 saturated heterocycles. The fraction of sp³-hybridized carbons (Fsp3) is 0.500. The largest absolute Gasteiger partial charge is 0.241 e. The van der Waals surface area contributed by atoms with Gasteiger partial charge in [0.25, 0.3) is 0 Å². The predicted octanol–water partition coefficient (Wildman–Crippen LogP) is 1.12. The lowest BCUT2D eigenvalue weighted by molar-refractivity contribution is -0.458. The fourth-order valence-corrected chi connectivity index (χ4v) is 0.387. The molecule has 0 aliphatic carbocycles. The molecule has 0 aliphatic rings. The third-order valence-electron chi connectivity index (χ3n) is 0.609. The van der Waals surface area contributed by atoms with Gasteiger partial charge in [0.05, 0.1) is 0 Å². The molecule has 0 rings (SSSR count). The molecule has 0 radical (unpaired) electrons. The van der Waals surface area contributed by atoms with Crippen LogP contribution in [0.5, 0.6) is 0 Å². The number of halogens is 1. The molecule has 0 aliphatic heterocycles. The molecule has 0 amide bonds. The smallest absolute Gasteiger partial charge is 0.162 e. The first-order valence-electron chi connectivity index (χ1n) is 2.49. The van der Waals surface area contributed by atoms with E-state index in [0.717, 1.165) is 0 Å². The first-order valence-corrected chi connectivity index (χ1v) is 3.03. The first-order chi connectivity index (χ1) is 3.77. The van der Waals surface area contributed by atoms with Gasteiger partial charge in [-0.15, -0.1) is 11.6 Å². The van der Waals surface area contributed by atoms with Crippen LogP contribution in [0.3, 0.4) is 0 Å².